The van der Waals surface area contributed by atoms with Crippen LogP contribution in [-0.4, -0.2) is 106 Å². The van der Waals surface area contributed by atoms with Gasteiger partial charge in [-0.3, -0.25) is 34.0 Å². The first-order valence-corrected chi connectivity index (χ1v) is 19.7. The molecule has 58 heavy (non-hydrogen) atoms. The number of piperazine rings is 1. The van der Waals surface area contributed by atoms with E-state index in [-0.39, 0.29) is 47.5 Å². The van der Waals surface area contributed by atoms with Crippen molar-refractivity contribution in [2.24, 2.45) is 20.0 Å². The van der Waals surface area contributed by atoms with Crippen molar-refractivity contribution in [2.75, 3.05) is 68.0 Å². The Labute approximate surface area is 338 Å². The van der Waals surface area contributed by atoms with Gasteiger partial charge in [0.05, 0.1) is 28.8 Å². The number of likely N-dealkylation sites (N-methyl/N-ethyl adjacent to an activating group) is 1. The molecule has 3 fully saturated rings. The number of aromatic nitrogens is 5. The van der Waals surface area contributed by atoms with Crippen LogP contribution in [0, 0.1) is 5.92 Å². The number of ether oxygens (including phenoxy) is 1. The number of fused-ring (bicyclic) bond motifs is 2. The minimum absolute atomic E-state index is 0.0610. The molecule has 3 aromatic heterocycles. The van der Waals surface area contributed by atoms with Gasteiger partial charge in [-0.15, -0.1) is 0 Å². The van der Waals surface area contributed by atoms with Gasteiger partial charge < -0.3 is 34.6 Å². The fourth-order valence-electron chi connectivity index (χ4n) is 8.04. The SMILES string of the molecule is CNC(=O)COc1cc2cc(Nc3nc(N4CCC(C(=O)N5CCN(c6ccc7c(C8CCC(=O)NC8=O)nn(C)c7c6)CC5)CC4)ncc3Cl)ccc2n(C)c1=O. The van der Waals surface area contributed by atoms with Crippen molar-refractivity contribution in [2.45, 2.75) is 31.6 Å². The molecule has 4 amide bonds. The molecule has 0 saturated carbocycles. The Bertz CT molecular complexity index is 2500. The third kappa shape index (κ3) is 7.60. The lowest BCUT2D eigenvalue weighted by Crippen LogP contribution is -2.51. The van der Waals surface area contributed by atoms with E-state index in [1.165, 1.54) is 11.6 Å². The number of aryl methyl sites for hydroxylation is 2. The number of carbonyl (C=O) groups excluding carboxylic acids is 4. The van der Waals surface area contributed by atoms with Gasteiger partial charge in [-0.2, -0.15) is 10.1 Å². The van der Waals surface area contributed by atoms with Gasteiger partial charge in [0.1, 0.15) is 5.02 Å². The number of amides is 4. The van der Waals surface area contributed by atoms with Gasteiger partial charge in [0.25, 0.3) is 11.5 Å². The number of hydrogen-bond acceptors (Lipinski definition) is 12. The van der Waals surface area contributed by atoms with Gasteiger partial charge in [0.2, 0.25) is 23.7 Å². The van der Waals surface area contributed by atoms with Gasteiger partial charge in [0.15, 0.2) is 18.2 Å². The molecule has 3 saturated heterocycles. The van der Waals surface area contributed by atoms with Crippen LogP contribution in [0.25, 0.3) is 21.8 Å². The number of hydrogen-bond donors (Lipinski definition) is 3. The summed E-state index contributed by atoms with van der Waals surface area (Å²) < 4.78 is 8.75. The molecule has 3 N–H and O–H groups in total. The maximum absolute atomic E-state index is 13.7. The van der Waals surface area contributed by atoms with E-state index in [2.05, 4.69) is 41.9 Å². The molecule has 3 aliphatic heterocycles. The first kappa shape index (κ1) is 38.6. The highest BCUT2D eigenvalue weighted by Crippen LogP contribution is 2.33. The highest BCUT2D eigenvalue weighted by Gasteiger charge is 2.33. The number of carbonyl (C=O) groups is 4. The van der Waals surface area contributed by atoms with Crippen LogP contribution in [0.4, 0.5) is 23.1 Å². The maximum atomic E-state index is 13.7. The number of anilines is 4. The van der Waals surface area contributed by atoms with E-state index in [1.54, 1.807) is 24.0 Å². The summed E-state index contributed by atoms with van der Waals surface area (Å²) in [4.78, 5) is 78.0. The van der Waals surface area contributed by atoms with Crippen molar-refractivity contribution in [1.29, 1.82) is 0 Å². The van der Waals surface area contributed by atoms with Crippen molar-refractivity contribution >= 4 is 80.2 Å². The highest BCUT2D eigenvalue weighted by molar-refractivity contribution is 6.33. The van der Waals surface area contributed by atoms with E-state index in [0.717, 1.165) is 16.6 Å². The molecule has 0 spiro atoms. The highest BCUT2D eigenvalue weighted by atomic mass is 35.5. The minimum atomic E-state index is -0.454. The number of halogens is 1. The first-order valence-electron chi connectivity index (χ1n) is 19.3. The number of nitrogens with one attached hydrogen (secondary N) is 3. The molecule has 17 nitrogen and oxygen atoms in total. The summed E-state index contributed by atoms with van der Waals surface area (Å²) in [6.07, 6.45) is 3.65. The third-order valence-corrected chi connectivity index (χ3v) is 11.6. The maximum Gasteiger partial charge on any atom is 0.293 e. The van der Waals surface area contributed by atoms with E-state index in [0.29, 0.717) is 104 Å². The van der Waals surface area contributed by atoms with E-state index < -0.39 is 5.92 Å². The van der Waals surface area contributed by atoms with Crippen molar-refractivity contribution in [3.05, 3.63) is 69.7 Å². The zero-order valence-corrected chi connectivity index (χ0v) is 33.2. The fourth-order valence-corrected chi connectivity index (χ4v) is 8.17. The van der Waals surface area contributed by atoms with E-state index in [9.17, 15) is 24.0 Å². The lowest BCUT2D eigenvalue weighted by molar-refractivity contribution is -0.137. The van der Waals surface area contributed by atoms with Crippen molar-refractivity contribution < 1.29 is 23.9 Å². The Balaban J connectivity index is 0.868. The van der Waals surface area contributed by atoms with Gasteiger partial charge in [-0.1, -0.05) is 11.6 Å². The molecule has 1 atom stereocenters. The number of benzene rings is 2. The average molecular weight is 810 g/mol. The second-order valence-corrected chi connectivity index (χ2v) is 15.3. The number of nitrogens with zero attached hydrogens (tertiary/aromatic N) is 8. The molecular formula is C40H44ClN11O6. The van der Waals surface area contributed by atoms with Gasteiger partial charge in [-0.25, -0.2) is 4.98 Å². The molecule has 3 aliphatic rings. The second kappa shape index (κ2) is 16.0. The zero-order valence-electron chi connectivity index (χ0n) is 32.5. The third-order valence-electron chi connectivity index (χ3n) is 11.3. The van der Waals surface area contributed by atoms with Crippen LogP contribution in [0.3, 0.4) is 0 Å². The predicted molar refractivity (Wildman–Crippen MR) is 219 cm³/mol. The number of piperidine rings is 2. The molecule has 18 heteroatoms. The fraction of sp³-hybridized carbons (Fsp3) is 0.400. The molecular weight excluding hydrogens is 766 g/mol. The van der Waals surface area contributed by atoms with Crippen molar-refractivity contribution in [3.63, 3.8) is 0 Å². The molecule has 0 radical (unpaired) electrons. The standard InChI is InChI=1S/C40H44ClN11O6/c1-42-34(54)22-58-32-19-24-18-25(4-8-30(24)48(2)39(32)57)44-36-29(41)21-43-40(46-36)52-12-10-23(11-13-52)38(56)51-16-14-50(15-17-51)26-5-6-27-31(20-26)49(3)47-35(27)28-7-9-33(53)45-37(28)55/h4-6,8,18-21,23,28H,7,9-17,22H2,1-3H3,(H,42,54)(H,43,44,46)(H,45,53,55). The Hall–Kier alpha value is -6.23. The van der Waals surface area contributed by atoms with Crippen LogP contribution in [0.1, 0.15) is 37.3 Å². The Morgan fingerprint density at radius 3 is 2.45 bits per heavy atom. The zero-order chi connectivity index (χ0) is 40.7. The molecule has 5 aromatic rings. The van der Waals surface area contributed by atoms with E-state index in [1.807, 2.05) is 42.3 Å². The van der Waals surface area contributed by atoms with Gasteiger partial charge in [-0.05, 0) is 61.7 Å². The number of imide groups is 1. The Kier molecular flexibility index (Phi) is 10.6. The largest absolute Gasteiger partial charge is 0.478 e. The summed E-state index contributed by atoms with van der Waals surface area (Å²) in [6.45, 7) is 3.59. The summed E-state index contributed by atoms with van der Waals surface area (Å²) in [7, 11) is 5.00. The Morgan fingerprint density at radius 2 is 1.71 bits per heavy atom. The van der Waals surface area contributed by atoms with Crippen molar-refractivity contribution in [1.82, 2.24) is 39.8 Å². The molecule has 0 aliphatic carbocycles. The molecule has 8 rings (SSSR count). The van der Waals surface area contributed by atoms with Crippen LogP contribution < -0.4 is 36.0 Å². The van der Waals surface area contributed by atoms with Crippen LogP contribution in [0.2, 0.25) is 5.02 Å². The smallest absolute Gasteiger partial charge is 0.293 e. The molecule has 2 aromatic carbocycles. The second-order valence-electron chi connectivity index (χ2n) is 14.9. The quantitative estimate of drug-likeness (QED) is 0.185. The van der Waals surface area contributed by atoms with Crippen LogP contribution in [0.5, 0.6) is 5.75 Å². The van der Waals surface area contributed by atoms with E-state index in [4.69, 9.17) is 21.3 Å². The Morgan fingerprint density at radius 1 is 0.931 bits per heavy atom. The molecule has 0 bridgehead atoms. The topological polar surface area (TPSA) is 189 Å². The van der Waals surface area contributed by atoms with Gasteiger partial charge >= 0.3 is 0 Å². The van der Waals surface area contributed by atoms with Crippen LogP contribution in [-0.2, 0) is 33.3 Å². The first-order chi connectivity index (χ1) is 28.0. The monoisotopic (exact) mass is 809 g/mol. The van der Waals surface area contributed by atoms with Crippen LogP contribution in [0.15, 0.2) is 53.5 Å². The van der Waals surface area contributed by atoms with Crippen molar-refractivity contribution in [3.8, 4) is 5.75 Å². The summed E-state index contributed by atoms with van der Waals surface area (Å²) in [5.41, 5.74) is 3.65. The van der Waals surface area contributed by atoms with E-state index >= 15 is 0 Å². The normalized spacial score (nSPS) is 17.8. The number of rotatable bonds is 9. The average Bonchev–Trinajstić information content (AvgIpc) is 3.56. The predicted octanol–water partition coefficient (Wildman–Crippen LogP) is 2.82. The summed E-state index contributed by atoms with van der Waals surface area (Å²) in [6, 6.07) is 13.2. The van der Waals surface area contributed by atoms with Crippen LogP contribution >= 0.6 is 11.6 Å². The lowest BCUT2D eigenvalue weighted by atomic mass is 9.93. The molecule has 6 heterocycles. The summed E-state index contributed by atoms with van der Waals surface area (Å²) >= 11 is 6.54. The minimum Gasteiger partial charge on any atom is -0.478 e. The summed E-state index contributed by atoms with van der Waals surface area (Å²) in [5.74, 6) is -0.284. The molecule has 302 valence electrons. The number of pyridine rings is 1. The molecule has 1 unspecified atom stereocenters. The summed E-state index contributed by atoms with van der Waals surface area (Å²) in [5, 5.41) is 14.8. The lowest BCUT2D eigenvalue weighted by Gasteiger charge is -2.39. The van der Waals surface area contributed by atoms with Gasteiger partial charge in [0, 0.05) is 94.9 Å².